The van der Waals surface area contributed by atoms with Gasteiger partial charge in [0.05, 0.1) is 11.9 Å². The van der Waals surface area contributed by atoms with Crippen LogP contribution in [0.4, 0.5) is 0 Å². The van der Waals surface area contributed by atoms with Crippen molar-refractivity contribution in [1.82, 2.24) is 19.7 Å². The van der Waals surface area contributed by atoms with Crippen molar-refractivity contribution in [2.45, 2.75) is 39.0 Å². The van der Waals surface area contributed by atoms with E-state index in [9.17, 15) is 4.79 Å². The third-order valence-electron chi connectivity index (χ3n) is 4.69. The Bertz CT molecular complexity index is 903. The molecule has 0 saturated heterocycles. The van der Waals surface area contributed by atoms with Crippen LogP contribution in [0.3, 0.4) is 0 Å². The van der Waals surface area contributed by atoms with Crippen molar-refractivity contribution in [1.29, 1.82) is 0 Å². The molecule has 2 aromatic heterocycles. The molecule has 0 radical (unpaired) electrons. The fraction of sp³-hybridized carbons (Fsp3) is 0.389. The molecule has 0 spiro atoms. The third kappa shape index (κ3) is 2.67. The van der Waals surface area contributed by atoms with Gasteiger partial charge in [0.25, 0.3) is 5.56 Å². The molecule has 0 unspecified atom stereocenters. The highest BCUT2D eigenvalue weighted by Crippen LogP contribution is 2.27. The molecule has 23 heavy (non-hydrogen) atoms. The van der Waals surface area contributed by atoms with Crippen molar-refractivity contribution in [3.63, 3.8) is 0 Å². The van der Waals surface area contributed by atoms with Crippen LogP contribution in [0, 0.1) is 12.8 Å². The molecule has 1 aliphatic carbocycles. The zero-order valence-electron chi connectivity index (χ0n) is 13.2. The van der Waals surface area contributed by atoms with Gasteiger partial charge in [-0.25, -0.2) is 9.67 Å². The summed E-state index contributed by atoms with van der Waals surface area (Å²) in [7, 11) is 0. The highest BCUT2D eigenvalue weighted by Gasteiger charge is 2.18. The van der Waals surface area contributed by atoms with Gasteiger partial charge in [-0.05, 0) is 30.5 Å². The maximum Gasteiger partial charge on any atom is 0.262 e. The first-order valence-electron chi connectivity index (χ1n) is 8.25. The lowest BCUT2D eigenvalue weighted by Gasteiger charge is -2.09. The molecule has 0 amide bonds. The van der Waals surface area contributed by atoms with Gasteiger partial charge in [0.15, 0.2) is 5.65 Å². The number of nitrogens with zero attached hydrogens (tertiary/aromatic N) is 3. The van der Waals surface area contributed by atoms with E-state index < -0.39 is 0 Å². The monoisotopic (exact) mass is 308 g/mol. The molecule has 1 saturated carbocycles. The van der Waals surface area contributed by atoms with Gasteiger partial charge in [-0.1, -0.05) is 37.8 Å². The number of hydrogen-bond acceptors (Lipinski definition) is 3. The van der Waals surface area contributed by atoms with E-state index in [4.69, 9.17) is 4.98 Å². The van der Waals surface area contributed by atoms with Gasteiger partial charge >= 0.3 is 0 Å². The molecule has 0 aliphatic heterocycles. The average Bonchev–Trinajstić information content (AvgIpc) is 3.17. The molecule has 5 nitrogen and oxygen atoms in total. The average molecular weight is 308 g/mol. The van der Waals surface area contributed by atoms with Gasteiger partial charge in [0, 0.05) is 6.42 Å². The van der Waals surface area contributed by atoms with E-state index in [-0.39, 0.29) is 5.56 Å². The Kier molecular flexibility index (Phi) is 3.48. The summed E-state index contributed by atoms with van der Waals surface area (Å²) in [5.41, 5.74) is 2.64. The Morgan fingerprint density at radius 3 is 2.91 bits per heavy atom. The second-order valence-corrected chi connectivity index (χ2v) is 6.50. The predicted molar refractivity (Wildman–Crippen MR) is 89.9 cm³/mol. The largest absolute Gasteiger partial charge is 0.310 e. The second-order valence-electron chi connectivity index (χ2n) is 6.50. The minimum Gasteiger partial charge on any atom is -0.310 e. The first kappa shape index (κ1) is 14.2. The molecule has 1 fully saturated rings. The topological polar surface area (TPSA) is 63.6 Å². The minimum atomic E-state index is -0.0955. The predicted octanol–water partition coefficient (Wildman–Crippen LogP) is 3.15. The zero-order valence-corrected chi connectivity index (χ0v) is 13.2. The van der Waals surface area contributed by atoms with Crippen molar-refractivity contribution in [2.75, 3.05) is 0 Å². The first-order chi connectivity index (χ1) is 11.2. The third-order valence-corrected chi connectivity index (χ3v) is 4.69. The standard InChI is InChI=1S/C18H20N4O/c1-12-5-4-8-14(9-12)22-17-15(11-19-22)18(23)21-16(20-17)10-13-6-2-3-7-13/h4-5,8-9,11,13H,2-3,6-7,10H2,1H3,(H,20,21,23). The first-order valence-corrected chi connectivity index (χ1v) is 8.25. The molecule has 0 atom stereocenters. The molecule has 1 N–H and O–H groups in total. The Morgan fingerprint density at radius 2 is 2.13 bits per heavy atom. The number of hydrogen-bond donors (Lipinski definition) is 1. The summed E-state index contributed by atoms with van der Waals surface area (Å²) in [5, 5.41) is 4.92. The van der Waals surface area contributed by atoms with Crippen LogP contribution in [0.2, 0.25) is 0 Å². The number of benzene rings is 1. The SMILES string of the molecule is Cc1cccc(-n2ncc3c(=O)[nH]c(CC4CCCC4)nc32)c1. The minimum absolute atomic E-state index is 0.0955. The Balaban J connectivity index is 1.80. The lowest BCUT2D eigenvalue weighted by atomic mass is 10.0. The quantitative estimate of drug-likeness (QED) is 0.808. The van der Waals surface area contributed by atoms with Crippen LogP contribution in [0.1, 0.15) is 37.1 Å². The van der Waals surface area contributed by atoms with Crippen LogP contribution in [-0.4, -0.2) is 19.7 Å². The zero-order chi connectivity index (χ0) is 15.8. The summed E-state index contributed by atoms with van der Waals surface area (Å²) in [4.78, 5) is 20.0. The van der Waals surface area contributed by atoms with Gasteiger partial charge in [0.1, 0.15) is 11.2 Å². The van der Waals surface area contributed by atoms with Crippen LogP contribution in [-0.2, 0) is 6.42 Å². The summed E-state index contributed by atoms with van der Waals surface area (Å²) in [6.07, 6.45) is 7.50. The lowest BCUT2D eigenvalue weighted by molar-refractivity contribution is 0.530. The van der Waals surface area contributed by atoms with Crippen LogP contribution >= 0.6 is 0 Å². The number of nitrogens with one attached hydrogen (secondary N) is 1. The van der Waals surface area contributed by atoms with Crippen molar-refractivity contribution in [3.8, 4) is 5.69 Å². The normalized spacial score (nSPS) is 15.5. The number of aryl methyl sites for hydroxylation is 1. The molecule has 0 bridgehead atoms. The molecule has 4 rings (SSSR count). The summed E-state index contributed by atoms with van der Waals surface area (Å²) in [6, 6.07) is 8.07. The fourth-order valence-electron chi connectivity index (χ4n) is 3.50. The van der Waals surface area contributed by atoms with Crippen molar-refractivity contribution < 1.29 is 0 Å². The summed E-state index contributed by atoms with van der Waals surface area (Å²) >= 11 is 0. The van der Waals surface area contributed by atoms with Crippen LogP contribution in [0.25, 0.3) is 16.7 Å². The number of aromatic nitrogens is 4. The molecule has 118 valence electrons. The van der Waals surface area contributed by atoms with Crippen molar-refractivity contribution in [3.05, 3.63) is 52.2 Å². The van der Waals surface area contributed by atoms with E-state index in [0.717, 1.165) is 23.5 Å². The summed E-state index contributed by atoms with van der Waals surface area (Å²) in [5.74, 6) is 1.43. The molecule has 1 aliphatic rings. The maximum absolute atomic E-state index is 12.3. The van der Waals surface area contributed by atoms with E-state index in [1.54, 1.807) is 10.9 Å². The molecule has 5 heteroatoms. The summed E-state index contributed by atoms with van der Waals surface area (Å²) < 4.78 is 1.76. The van der Waals surface area contributed by atoms with Gasteiger partial charge in [0.2, 0.25) is 0 Å². The smallest absolute Gasteiger partial charge is 0.262 e. The molecule has 1 aromatic carbocycles. The van der Waals surface area contributed by atoms with Crippen LogP contribution < -0.4 is 5.56 Å². The van der Waals surface area contributed by atoms with E-state index >= 15 is 0 Å². The molecular formula is C18H20N4O. The molecule has 3 aromatic rings. The van der Waals surface area contributed by atoms with Crippen molar-refractivity contribution >= 4 is 11.0 Å². The van der Waals surface area contributed by atoms with Gasteiger partial charge in [-0.2, -0.15) is 5.10 Å². The lowest BCUT2D eigenvalue weighted by Crippen LogP contribution is -2.14. The number of rotatable bonds is 3. The van der Waals surface area contributed by atoms with Crippen LogP contribution in [0.15, 0.2) is 35.3 Å². The maximum atomic E-state index is 12.3. The van der Waals surface area contributed by atoms with Crippen LogP contribution in [0.5, 0.6) is 0 Å². The number of H-pyrrole nitrogens is 1. The Morgan fingerprint density at radius 1 is 1.30 bits per heavy atom. The Labute approximate surface area is 134 Å². The molecular weight excluding hydrogens is 288 g/mol. The van der Waals surface area contributed by atoms with E-state index in [2.05, 4.69) is 10.1 Å². The number of aromatic amines is 1. The van der Waals surface area contributed by atoms with Gasteiger partial charge in [-0.15, -0.1) is 0 Å². The van der Waals surface area contributed by atoms with Crippen molar-refractivity contribution in [2.24, 2.45) is 5.92 Å². The number of fused-ring (bicyclic) bond motifs is 1. The highest BCUT2D eigenvalue weighted by molar-refractivity contribution is 5.75. The van der Waals surface area contributed by atoms with E-state index in [1.807, 2.05) is 31.2 Å². The van der Waals surface area contributed by atoms with E-state index in [1.165, 1.54) is 25.7 Å². The second kappa shape index (κ2) is 5.65. The van der Waals surface area contributed by atoms with Gasteiger partial charge < -0.3 is 4.98 Å². The highest BCUT2D eigenvalue weighted by atomic mass is 16.1. The Hall–Kier alpha value is -2.43. The van der Waals surface area contributed by atoms with E-state index in [0.29, 0.717) is 17.0 Å². The summed E-state index contributed by atoms with van der Waals surface area (Å²) in [6.45, 7) is 2.04. The van der Waals surface area contributed by atoms with Gasteiger partial charge in [-0.3, -0.25) is 4.79 Å². The fourth-order valence-corrected chi connectivity index (χ4v) is 3.50. The molecule has 2 heterocycles.